The van der Waals surface area contributed by atoms with Gasteiger partial charge in [0.05, 0.1) is 0 Å². The van der Waals surface area contributed by atoms with E-state index in [9.17, 15) is 0 Å². The Kier molecular flexibility index (Phi) is 5.48. The van der Waals surface area contributed by atoms with Crippen LogP contribution in [0.25, 0.3) is 0 Å². The molecular weight excluding hydrogens is 268 g/mol. The van der Waals surface area contributed by atoms with Crippen molar-refractivity contribution < 1.29 is 0 Å². The third-order valence-corrected chi connectivity index (χ3v) is 4.05. The second-order valence-electron chi connectivity index (χ2n) is 7.00. The van der Waals surface area contributed by atoms with Crippen molar-refractivity contribution in [3.63, 3.8) is 0 Å². The topological polar surface area (TPSA) is 15.3 Å². The van der Waals surface area contributed by atoms with Crippen LogP contribution in [0, 0.1) is 5.92 Å². The van der Waals surface area contributed by atoms with E-state index in [1.54, 1.807) is 0 Å². The monoisotopic (exact) mass is 294 g/mol. The van der Waals surface area contributed by atoms with Gasteiger partial charge in [-0.25, -0.2) is 0 Å². The van der Waals surface area contributed by atoms with Crippen LogP contribution < -0.4 is 5.32 Å². The number of hydrogen-bond donors (Lipinski definition) is 1. The van der Waals surface area contributed by atoms with Crippen LogP contribution >= 0.6 is 11.6 Å². The van der Waals surface area contributed by atoms with Crippen molar-refractivity contribution in [1.29, 1.82) is 0 Å². The number of halogens is 1. The van der Waals surface area contributed by atoms with Gasteiger partial charge in [-0.15, -0.1) is 0 Å². The van der Waals surface area contributed by atoms with Crippen LogP contribution in [0.15, 0.2) is 24.3 Å². The SMILES string of the molecule is CC(C)(C)NCC1CCCN(Cc2cccc(Cl)c2)C1. The Morgan fingerprint density at radius 3 is 2.85 bits per heavy atom. The fourth-order valence-electron chi connectivity index (χ4n) is 2.81. The van der Waals surface area contributed by atoms with E-state index in [4.69, 9.17) is 11.6 Å². The molecule has 112 valence electrons. The highest BCUT2D eigenvalue weighted by Crippen LogP contribution is 2.20. The lowest BCUT2D eigenvalue weighted by Gasteiger charge is -2.34. The molecule has 0 aromatic heterocycles. The maximum atomic E-state index is 6.06. The first kappa shape index (κ1) is 15.8. The number of hydrogen-bond acceptors (Lipinski definition) is 2. The molecule has 1 aromatic carbocycles. The maximum absolute atomic E-state index is 6.06. The Labute approximate surface area is 128 Å². The predicted octanol–water partition coefficient (Wildman–Crippen LogP) is 3.94. The average Bonchev–Trinajstić information content (AvgIpc) is 2.36. The maximum Gasteiger partial charge on any atom is 0.0409 e. The van der Waals surface area contributed by atoms with Gasteiger partial charge in [0.15, 0.2) is 0 Å². The van der Waals surface area contributed by atoms with E-state index in [1.165, 1.54) is 31.5 Å². The van der Waals surface area contributed by atoms with E-state index in [-0.39, 0.29) is 5.54 Å². The smallest absolute Gasteiger partial charge is 0.0409 e. The Bertz CT molecular complexity index is 425. The zero-order valence-corrected chi connectivity index (χ0v) is 13.7. The zero-order valence-electron chi connectivity index (χ0n) is 13.0. The Hall–Kier alpha value is -0.570. The van der Waals surface area contributed by atoms with Crippen LogP contribution in [-0.2, 0) is 6.54 Å². The molecule has 2 rings (SSSR count). The fourth-order valence-corrected chi connectivity index (χ4v) is 3.02. The van der Waals surface area contributed by atoms with Gasteiger partial charge < -0.3 is 5.32 Å². The molecule has 3 heteroatoms. The quantitative estimate of drug-likeness (QED) is 0.905. The van der Waals surface area contributed by atoms with Crippen molar-refractivity contribution in [2.75, 3.05) is 19.6 Å². The summed E-state index contributed by atoms with van der Waals surface area (Å²) in [6.45, 7) is 11.2. The summed E-state index contributed by atoms with van der Waals surface area (Å²) >= 11 is 6.06. The highest BCUT2D eigenvalue weighted by molar-refractivity contribution is 6.30. The van der Waals surface area contributed by atoms with Gasteiger partial charge in [0, 0.05) is 23.7 Å². The summed E-state index contributed by atoms with van der Waals surface area (Å²) < 4.78 is 0. The van der Waals surface area contributed by atoms with Crippen LogP contribution in [0.4, 0.5) is 0 Å². The Morgan fingerprint density at radius 1 is 1.35 bits per heavy atom. The number of nitrogens with one attached hydrogen (secondary N) is 1. The molecular formula is C17H27ClN2. The van der Waals surface area contributed by atoms with Crippen molar-refractivity contribution >= 4 is 11.6 Å². The third-order valence-electron chi connectivity index (χ3n) is 3.82. The van der Waals surface area contributed by atoms with E-state index < -0.39 is 0 Å². The standard InChI is InChI=1S/C17H27ClN2/c1-17(2,3)19-11-15-7-5-9-20(13-15)12-14-6-4-8-16(18)10-14/h4,6,8,10,15,19H,5,7,9,11-13H2,1-3H3. The predicted molar refractivity (Wildman–Crippen MR) is 87.2 cm³/mol. The lowest BCUT2D eigenvalue weighted by Crippen LogP contribution is -2.44. The van der Waals surface area contributed by atoms with Crippen LogP contribution in [0.2, 0.25) is 5.02 Å². The lowest BCUT2D eigenvalue weighted by atomic mass is 9.96. The van der Waals surface area contributed by atoms with Crippen LogP contribution in [0.1, 0.15) is 39.2 Å². The third kappa shape index (κ3) is 5.43. The second-order valence-corrected chi connectivity index (χ2v) is 7.44. The van der Waals surface area contributed by atoms with Crippen molar-refractivity contribution in [2.45, 2.75) is 45.7 Å². The normalized spacial score (nSPS) is 21.1. The van der Waals surface area contributed by atoms with Crippen LogP contribution in [-0.4, -0.2) is 30.1 Å². The molecule has 2 nitrogen and oxygen atoms in total. The summed E-state index contributed by atoms with van der Waals surface area (Å²) in [7, 11) is 0. The van der Waals surface area contributed by atoms with Crippen molar-refractivity contribution in [3.05, 3.63) is 34.9 Å². The zero-order chi connectivity index (χ0) is 14.6. The highest BCUT2D eigenvalue weighted by atomic mass is 35.5. The van der Waals surface area contributed by atoms with Gasteiger partial charge >= 0.3 is 0 Å². The number of piperidine rings is 1. The number of nitrogens with zero attached hydrogens (tertiary/aromatic N) is 1. The second kappa shape index (κ2) is 6.93. The van der Waals surface area contributed by atoms with Gasteiger partial charge in [-0.3, -0.25) is 4.90 Å². The summed E-state index contributed by atoms with van der Waals surface area (Å²) in [5.41, 5.74) is 1.54. The summed E-state index contributed by atoms with van der Waals surface area (Å²) in [5.74, 6) is 0.766. The fraction of sp³-hybridized carbons (Fsp3) is 0.647. The molecule has 1 aliphatic heterocycles. The van der Waals surface area contributed by atoms with Crippen molar-refractivity contribution in [3.8, 4) is 0 Å². The van der Waals surface area contributed by atoms with E-state index in [2.05, 4.69) is 43.1 Å². The molecule has 0 aliphatic carbocycles. The first-order chi connectivity index (χ1) is 9.42. The Morgan fingerprint density at radius 2 is 2.15 bits per heavy atom. The summed E-state index contributed by atoms with van der Waals surface area (Å²) in [4.78, 5) is 2.56. The number of rotatable bonds is 4. The van der Waals surface area contributed by atoms with Gasteiger partial charge in [0.2, 0.25) is 0 Å². The molecule has 1 aromatic rings. The average molecular weight is 295 g/mol. The van der Waals surface area contributed by atoms with E-state index >= 15 is 0 Å². The minimum Gasteiger partial charge on any atom is -0.312 e. The number of benzene rings is 1. The lowest BCUT2D eigenvalue weighted by molar-refractivity contribution is 0.160. The van der Waals surface area contributed by atoms with E-state index in [0.717, 1.165) is 24.0 Å². The van der Waals surface area contributed by atoms with Crippen LogP contribution in [0.3, 0.4) is 0 Å². The number of likely N-dealkylation sites (tertiary alicyclic amines) is 1. The van der Waals surface area contributed by atoms with Gasteiger partial charge in [-0.1, -0.05) is 23.7 Å². The van der Waals surface area contributed by atoms with Crippen molar-refractivity contribution in [1.82, 2.24) is 10.2 Å². The molecule has 0 amide bonds. The molecule has 1 N–H and O–H groups in total. The largest absolute Gasteiger partial charge is 0.312 e. The Balaban J connectivity index is 1.84. The molecule has 1 saturated heterocycles. The molecule has 20 heavy (non-hydrogen) atoms. The molecule has 1 heterocycles. The summed E-state index contributed by atoms with van der Waals surface area (Å²) in [6.07, 6.45) is 2.65. The molecule has 0 spiro atoms. The summed E-state index contributed by atoms with van der Waals surface area (Å²) in [5, 5.41) is 4.48. The van der Waals surface area contributed by atoms with Gasteiger partial charge in [0.25, 0.3) is 0 Å². The van der Waals surface area contributed by atoms with Gasteiger partial charge in [-0.2, -0.15) is 0 Å². The first-order valence-corrected chi connectivity index (χ1v) is 8.02. The molecule has 0 saturated carbocycles. The molecule has 0 bridgehead atoms. The van der Waals surface area contributed by atoms with Crippen molar-refractivity contribution in [2.24, 2.45) is 5.92 Å². The minimum atomic E-state index is 0.217. The molecule has 1 aliphatic rings. The van der Waals surface area contributed by atoms with Crippen LogP contribution in [0.5, 0.6) is 0 Å². The first-order valence-electron chi connectivity index (χ1n) is 7.64. The molecule has 1 fully saturated rings. The molecule has 1 atom stereocenters. The van der Waals surface area contributed by atoms with Gasteiger partial charge in [-0.05, 0) is 70.3 Å². The molecule has 0 radical (unpaired) electrons. The minimum absolute atomic E-state index is 0.217. The van der Waals surface area contributed by atoms with E-state index in [1.807, 2.05) is 12.1 Å². The van der Waals surface area contributed by atoms with E-state index in [0.29, 0.717) is 0 Å². The summed E-state index contributed by atoms with van der Waals surface area (Å²) in [6, 6.07) is 8.24. The van der Waals surface area contributed by atoms with Gasteiger partial charge in [0.1, 0.15) is 0 Å². The molecule has 1 unspecified atom stereocenters. The highest BCUT2D eigenvalue weighted by Gasteiger charge is 2.21.